The van der Waals surface area contributed by atoms with Crippen LogP contribution in [0.25, 0.3) is 0 Å². The normalized spacial score (nSPS) is 26.9. The molecule has 0 amide bonds. The van der Waals surface area contributed by atoms with Crippen molar-refractivity contribution in [2.45, 2.75) is 18.9 Å². The molecule has 14 heavy (non-hydrogen) atoms. The van der Waals surface area contributed by atoms with Crippen molar-refractivity contribution < 1.29 is 0 Å². The maximum atomic E-state index is 3.43. The Balaban J connectivity index is 1.80. The molecule has 1 aliphatic heterocycles. The van der Waals surface area contributed by atoms with Gasteiger partial charge in [-0.3, -0.25) is 0 Å². The molecule has 78 valence electrons. The van der Waals surface area contributed by atoms with Gasteiger partial charge in [0.2, 0.25) is 0 Å². The molecule has 3 heteroatoms. The summed E-state index contributed by atoms with van der Waals surface area (Å²) in [4.78, 5) is 0. The summed E-state index contributed by atoms with van der Waals surface area (Å²) in [6, 6.07) is 3.00. The fraction of sp³-hybridized carbons (Fsp3) is 0.636. The SMILES string of the molecule is CNC1CSCC1CCc1ccsc1. The molecule has 2 unspecified atom stereocenters. The second kappa shape index (κ2) is 5.19. The Bertz CT molecular complexity index is 258. The molecule has 1 aromatic heterocycles. The quantitative estimate of drug-likeness (QED) is 0.848. The second-order valence-electron chi connectivity index (χ2n) is 3.86. The first-order valence-electron chi connectivity index (χ1n) is 5.16. The average Bonchev–Trinajstić information content (AvgIpc) is 2.85. The molecule has 2 atom stereocenters. The van der Waals surface area contributed by atoms with E-state index in [2.05, 4.69) is 41.0 Å². The number of thioether (sulfide) groups is 1. The molecule has 1 nitrogen and oxygen atoms in total. The van der Waals surface area contributed by atoms with E-state index < -0.39 is 0 Å². The molecule has 0 aromatic carbocycles. The lowest BCUT2D eigenvalue weighted by Gasteiger charge is -2.17. The van der Waals surface area contributed by atoms with Crippen molar-refractivity contribution in [2.75, 3.05) is 18.6 Å². The van der Waals surface area contributed by atoms with E-state index in [9.17, 15) is 0 Å². The summed E-state index contributed by atoms with van der Waals surface area (Å²) in [7, 11) is 2.09. The van der Waals surface area contributed by atoms with Crippen LogP contribution in [0.3, 0.4) is 0 Å². The van der Waals surface area contributed by atoms with Gasteiger partial charge in [0, 0.05) is 11.8 Å². The molecule has 0 spiro atoms. The van der Waals surface area contributed by atoms with Gasteiger partial charge in [0.25, 0.3) is 0 Å². The third kappa shape index (κ3) is 2.53. The summed E-state index contributed by atoms with van der Waals surface area (Å²) < 4.78 is 0. The van der Waals surface area contributed by atoms with Crippen LogP contribution in [-0.2, 0) is 6.42 Å². The first kappa shape index (κ1) is 10.5. The fourth-order valence-electron chi connectivity index (χ4n) is 1.99. The molecule has 1 saturated heterocycles. The van der Waals surface area contributed by atoms with Gasteiger partial charge in [0.1, 0.15) is 0 Å². The van der Waals surface area contributed by atoms with Crippen LogP contribution in [-0.4, -0.2) is 24.6 Å². The lowest BCUT2D eigenvalue weighted by atomic mass is 9.96. The molecule has 0 bridgehead atoms. The zero-order valence-corrected chi connectivity index (χ0v) is 10.2. The summed E-state index contributed by atoms with van der Waals surface area (Å²) in [5.41, 5.74) is 1.52. The van der Waals surface area contributed by atoms with Gasteiger partial charge in [-0.15, -0.1) is 0 Å². The number of nitrogens with one attached hydrogen (secondary N) is 1. The van der Waals surface area contributed by atoms with Crippen molar-refractivity contribution in [1.29, 1.82) is 0 Å². The summed E-state index contributed by atoms with van der Waals surface area (Å²) in [5.74, 6) is 3.52. The Hall–Kier alpha value is 0.01000. The first-order chi connectivity index (χ1) is 6.90. The molecule has 1 aliphatic rings. The van der Waals surface area contributed by atoms with Crippen LogP contribution in [0.15, 0.2) is 16.8 Å². The molecule has 0 radical (unpaired) electrons. The monoisotopic (exact) mass is 227 g/mol. The first-order valence-corrected chi connectivity index (χ1v) is 7.26. The van der Waals surface area contributed by atoms with Crippen molar-refractivity contribution in [2.24, 2.45) is 5.92 Å². The molecule has 1 aromatic rings. The van der Waals surface area contributed by atoms with Crippen molar-refractivity contribution in [1.82, 2.24) is 5.32 Å². The standard InChI is InChI=1S/C11H17NS2/c1-12-11-8-14-7-10(11)3-2-9-4-5-13-6-9/h4-6,10-12H,2-3,7-8H2,1H3. The highest BCUT2D eigenvalue weighted by Gasteiger charge is 2.25. The minimum Gasteiger partial charge on any atom is -0.316 e. The van der Waals surface area contributed by atoms with E-state index in [0.29, 0.717) is 0 Å². The summed E-state index contributed by atoms with van der Waals surface area (Å²) in [6.45, 7) is 0. The van der Waals surface area contributed by atoms with Crippen LogP contribution in [0.1, 0.15) is 12.0 Å². The maximum absolute atomic E-state index is 3.43. The topological polar surface area (TPSA) is 12.0 Å². The Kier molecular flexibility index (Phi) is 3.90. The van der Waals surface area contributed by atoms with E-state index in [1.165, 1.54) is 29.9 Å². The number of hydrogen-bond acceptors (Lipinski definition) is 3. The molecule has 2 heterocycles. The van der Waals surface area contributed by atoms with Gasteiger partial charge in [0.15, 0.2) is 0 Å². The molecule has 1 N–H and O–H groups in total. The largest absolute Gasteiger partial charge is 0.316 e. The van der Waals surface area contributed by atoms with Crippen molar-refractivity contribution in [3.05, 3.63) is 22.4 Å². The van der Waals surface area contributed by atoms with Crippen LogP contribution in [0.2, 0.25) is 0 Å². The number of aryl methyl sites for hydroxylation is 1. The van der Waals surface area contributed by atoms with E-state index in [0.717, 1.165) is 12.0 Å². The molecule has 0 saturated carbocycles. The Morgan fingerprint density at radius 1 is 1.50 bits per heavy atom. The van der Waals surface area contributed by atoms with Crippen LogP contribution in [0.5, 0.6) is 0 Å². The minimum atomic E-state index is 0.749. The molecule has 0 aliphatic carbocycles. The lowest BCUT2D eigenvalue weighted by molar-refractivity contribution is 0.429. The van der Waals surface area contributed by atoms with E-state index >= 15 is 0 Å². The summed E-state index contributed by atoms with van der Waals surface area (Å²) >= 11 is 3.90. The van der Waals surface area contributed by atoms with Gasteiger partial charge >= 0.3 is 0 Å². The maximum Gasteiger partial charge on any atom is 0.0191 e. The zero-order chi connectivity index (χ0) is 9.80. The van der Waals surface area contributed by atoms with Crippen LogP contribution in [0, 0.1) is 5.92 Å². The van der Waals surface area contributed by atoms with Crippen LogP contribution < -0.4 is 5.32 Å². The number of thiophene rings is 1. The lowest BCUT2D eigenvalue weighted by Crippen LogP contribution is -2.32. The van der Waals surface area contributed by atoms with Crippen molar-refractivity contribution in [3.63, 3.8) is 0 Å². The van der Waals surface area contributed by atoms with Gasteiger partial charge in [-0.1, -0.05) is 0 Å². The van der Waals surface area contributed by atoms with Crippen LogP contribution >= 0.6 is 23.1 Å². The Labute approximate surface area is 94.3 Å². The van der Waals surface area contributed by atoms with Gasteiger partial charge in [-0.2, -0.15) is 23.1 Å². The van der Waals surface area contributed by atoms with Gasteiger partial charge in [-0.05, 0) is 54.0 Å². The third-order valence-corrected chi connectivity index (χ3v) is 4.94. The second-order valence-corrected chi connectivity index (χ2v) is 5.72. The number of hydrogen-bond donors (Lipinski definition) is 1. The van der Waals surface area contributed by atoms with E-state index in [1.807, 2.05) is 11.3 Å². The van der Waals surface area contributed by atoms with E-state index in [4.69, 9.17) is 0 Å². The molecule has 2 rings (SSSR count). The molecule has 1 fully saturated rings. The van der Waals surface area contributed by atoms with Crippen LogP contribution in [0.4, 0.5) is 0 Å². The van der Waals surface area contributed by atoms with E-state index in [-0.39, 0.29) is 0 Å². The minimum absolute atomic E-state index is 0.749. The summed E-state index contributed by atoms with van der Waals surface area (Å²) in [5, 5.41) is 7.88. The highest BCUT2D eigenvalue weighted by molar-refractivity contribution is 7.99. The highest BCUT2D eigenvalue weighted by Crippen LogP contribution is 2.28. The van der Waals surface area contributed by atoms with Crippen molar-refractivity contribution in [3.8, 4) is 0 Å². The van der Waals surface area contributed by atoms with Gasteiger partial charge in [-0.25, -0.2) is 0 Å². The fourth-order valence-corrected chi connectivity index (χ4v) is 4.22. The van der Waals surface area contributed by atoms with Crippen molar-refractivity contribution >= 4 is 23.1 Å². The van der Waals surface area contributed by atoms with Gasteiger partial charge < -0.3 is 5.32 Å². The number of rotatable bonds is 4. The van der Waals surface area contributed by atoms with Gasteiger partial charge in [0.05, 0.1) is 0 Å². The average molecular weight is 227 g/mol. The Morgan fingerprint density at radius 2 is 2.43 bits per heavy atom. The molecular formula is C11H17NS2. The van der Waals surface area contributed by atoms with E-state index in [1.54, 1.807) is 0 Å². The molecular weight excluding hydrogens is 210 g/mol. The summed E-state index contributed by atoms with van der Waals surface area (Å²) in [6.07, 6.45) is 2.60. The predicted octanol–water partition coefficient (Wildman–Crippen LogP) is 2.63. The zero-order valence-electron chi connectivity index (χ0n) is 8.53. The highest BCUT2D eigenvalue weighted by atomic mass is 32.2. The smallest absolute Gasteiger partial charge is 0.0191 e. The third-order valence-electron chi connectivity index (χ3n) is 2.95. The predicted molar refractivity (Wildman–Crippen MR) is 66.3 cm³/mol. The Morgan fingerprint density at radius 3 is 3.14 bits per heavy atom.